The number of benzene rings is 1. The van der Waals surface area contributed by atoms with Gasteiger partial charge >= 0.3 is 0 Å². The molecule has 3 nitrogen and oxygen atoms in total. The van der Waals surface area contributed by atoms with E-state index < -0.39 is 0 Å². The molecule has 1 aliphatic carbocycles. The molecule has 0 radical (unpaired) electrons. The van der Waals surface area contributed by atoms with Crippen molar-refractivity contribution in [2.24, 2.45) is 0 Å². The van der Waals surface area contributed by atoms with Gasteiger partial charge in [0.2, 0.25) is 0 Å². The maximum atomic E-state index is 5.72. The molecule has 0 saturated heterocycles. The summed E-state index contributed by atoms with van der Waals surface area (Å²) in [5.74, 6) is 0. The van der Waals surface area contributed by atoms with Crippen LogP contribution < -0.4 is 5.73 Å². The van der Waals surface area contributed by atoms with Crippen LogP contribution in [0.3, 0.4) is 0 Å². The Morgan fingerprint density at radius 3 is 2.74 bits per heavy atom. The second-order valence-corrected chi connectivity index (χ2v) is 5.48. The summed E-state index contributed by atoms with van der Waals surface area (Å²) in [6.45, 7) is 0. The number of hydrogen-bond donors (Lipinski definition) is 2. The number of H-pyrrole nitrogens is 1. The van der Waals surface area contributed by atoms with Crippen molar-refractivity contribution in [3.05, 3.63) is 46.2 Å². The van der Waals surface area contributed by atoms with Gasteiger partial charge in [0.15, 0.2) is 0 Å². The summed E-state index contributed by atoms with van der Waals surface area (Å²) >= 11 is 1.81. The van der Waals surface area contributed by atoms with Crippen molar-refractivity contribution in [3.63, 3.8) is 0 Å². The van der Waals surface area contributed by atoms with Crippen LogP contribution in [-0.4, -0.2) is 10.2 Å². The molecule has 96 valence electrons. The molecule has 5 heteroatoms. The highest BCUT2D eigenvalue weighted by Gasteiger charge is 2.25. The summed E-state index contributed by atoms with van der Waals surface area (Å²) in [5.41, 5.74) is 12.5. The van der Waals surface area contributed by atoms with E-state index in [2.05, 4.69) is 21.6 Å². The lowest BCUT2D eigenvalue weighted by Gasteiger charge is -2.00. The number of nitrogens with two attached hydrogens (primary N) is 1. The third kappa shape index (κ3) is 1.76. The van der Waals surface area contributed by atoms with Gasteiger partial charge in [0.25, 0.3) is 0 Å². The molecule has 0 saturated carbocycles. The first kappa shape index (κ1) is 12.3. The maximum Gasteiger partial charge on any atom is 0.0962 e. The second-order valence-electron chi connectivity index (χ2n) is 4.48. The molecule has 0 spiro atoms. The molecule has 1 aromatic carbocycles. The van der Waals surface area contributed by atoms with Crippen LogP contribution in [0.1, 0.15) is 10.4 Å². The van der Waals surface area contributed by atoms with Gasteiger partial charge in [0, 0.05) is 33.7 Å². The highest BCUT2D eigenvalue weighted by atomic mass is 35.5. The Morgan fingerprint density at radius 1 is 1.16 bits per heavy atom. The Kier molecular flexibility index (Phi) is 2.84. The van der Waals surface area contributed by atoms with Crippen LogP contribution in [0.2, 0.25) is 0 Å². The molecule has 0 unspecified atom stereocenters. The number of nitrogen functional groups attached to an aromatic ring is 1. The van der Waals surface area contributed by atoms with Gasteiger partial charge in [0.05, 0.1) is 11.4 Å². The zero-order chi connectivity index (χ0) is 12.1. The minimum absolute atomic E-state index is 0. The Labute approximate surface area is 120 Å². The van der Waals surface area contributed by atoms with Crippen LogP contribution in [-0.2, 0) is 6.42 Å². The topological polar surface area (TPSA) is 54.7 Å². The molecule has 3 aromatic rings. The fraction of sp³-hybridized carbons (Fsp3) is 0.0714. The number of nitrogens with one attached hydrogen (secondary N) is 1. The van der Waals surface area contributed by atoms with E-state index in [1.165, 1.54) is 21.7 Å². The molecular formula is C14H12ClN3S. The van der Waals surface area contributed by atoms with Crippen molar-refractivity contribution in [2.45, 2.75) is 6.42 Å². The molecule has 4 rings (SSSR count). The van der Waals surface area contributed by atoms with Crippen LogP contribution >= 0.6 is 23.7 Å². The molecule has 2 heterocycles. The molecule has 19 heavy (non-hydrogen) atoms. The van der Waals surface area contributed by atoms with Gasteiger partial charge in [-0.15, -0.1) is 23.7 Å². The smallest absolute Gasteiger partial charge is 0.0962 e. The predicted molar refractivity (Wildman–Crippen MR) is 81.8 cm³/mol. The van der Waals surface area contributed by atoms with E-state index in [1.54, 1.807) is 0 Å². The molecule has 0 amide bonds. The Balaban J connectivity index is 0.00000110. The van der Waals surface area contributed by atoms with Gasteiger partial charge in [-0.1, -0.05) is 12.1 Å². The van der Waals surface area contributed by atoms with Crippen LogP contribution in [0.15, 0.2) is 35.7 Å². The molecule has 2 aromatic heterocycles. The van der Waals surface area contributed by atoms with E-state index in [9.17, 15) is 0 Å². The van der Waals surface area contributed by atoms with Crippen molar-refractivity contribution in [1.29, 1.82) is 0 Å². The van der Waals surface area contributed by atoms with Crippen LogP contribution in [0.5, 0.6) is 0 Å². The number of hydrogen-bond acceptors (Lipinski definition) is 3. The molecule has 3 N–H and O–H groups in total. The maximum absolute atomic E-state index is 5.72. The minimum atomic E-state index is 0. The number of nitrogens with zero attached hydrogens (tertiary/aromatic N) is 1. The first-order chi connectivity index (χ1) is 8.83. The average molecular weight is 290 g/mol. The van der Waals surface area contributed by atoms with Crippen molar-refractivity contribution < 1.29 is 0 Å². The monoisotopic (exact) mass is 289 g/mol. The molecular weight excluding hydrogens is 278 g/mol. The van der Waals surface area contributed by atoms with Crippen molar-refractivity contribution in [1.82, 2.24) is 10.2 Å². The summed E-state index contributed by atoms with van der Waals surface area (Å²) in [5, 5.41) is 9.76. The third-order valence-corrected chi connectivity index (χ3v) is 4.32. The molecule has 0 fully saturated rings. The summed E-state index contributed by atoms with van der Waals surface area (Å²) in [6, 6.07) is 10.1. The minimum Gasteiger partial charge on any atom is -0.399 e. The van der Waals surface area contributed by atoms with E-state index in [1.807, 2.05) is 35.6 Å². The number of anilines is 1. The largest absolute Gasteiger partial charge is 0.399 e. The normalized spacial score (nSPS) is 11.8. The van der Waals surface area contributed by atoms with E-state index >= 15 is 0 Å². The number of aromatic nitrogens is 2. The number of fused-ring (bicyclic) bond motifs is 3. The van der Waals surface area contributed by atoms with Gasteiger partial charge in [-0.2, -0.15) is 5.10 Å². The summed E-state index contributed by atoms with van der Waals surface area (Å²) in [4.78, 5) is 1.43. The van der Waals surface area contributed by atoms with Gasteiger partial charge < -0.3 is 5.73 Å². The van der Waals surface area contributed by atoms with E-state index in [0.29, 0.717) is 0 Å². The highest BCUT2D eigenvalue weighted by Crippen LogP contribution is 2.42. The zero-order valence-electron chi connectivity index (χ0n) is 10.0. The lowest BCUT2D eigenvalue weighted by molar-refractivity contribution is 1.10. The van der Waals surface area contributed by atoms with Crippen LogP contribution in [0.4, 0.5) is 5.69 Å². The fourth-order valence-electron chi connectivity index (χ4n) is 2.50. The highest BCUT2D eigenvalue weighted by molar-refractivity contribution is 7.10. The Hall–Kier alpha value is -1.78. The molecule has 0 atom stereocenters. The number of thiophene rings is 1. The van der Waals surface area contributed by atoms with Crippen LogP contribution in [0, 0.1) is 0 Å². The summed E-state index contributed by atoms with van der Waals surface area (Å²) in [6.07, 6.45) is 0.985. The Bertz CT molecular complexity index is 727. The zero-order valence-corrected chi connectivity index (χ0v) is 11.6. The molecule has 0 bridgehead atoms. The summed E-state index contributed by atoms with van der Waals surface area (Å²) in [7, 11) is 0. The van der Waals surface area contributed by atoms with Gasteiger partial charge in [0.1, 0.15) is 0 Å². The van der Waals surface area contributed by atoms with E-state index in [0.717, 1.165) is 23.4 Å². The van der Waals surface area contributed by atoms with E-state index in [-0.39, 0.29) is 12.4 Å². The fourth-order valence-corrected chi connectivity index (χ4v) is 3.39. The Morgan fingerprint density at radius 2 is 1.95 bits per heavy atom. The van der Waals surface area contributed by atoms with E-state index in [4.69, 9.17) is 5.73 Å². The third-order valence-electron chi connectivity index (χ3n) is 3.40. The summed E-state index contributed by atoms with van der Waals surface area (Å²) < 4.78 is 0. The quantitative estimate of drug-likeness (QED) is 0.525. The van der Waals surface area contributed by atoms with Crippen LogP contribution in [0.25, 0.3) is 22.5 Å². The molecule has 1 aliphatic rings. The first-order valence-electron chi connectivity index (χ1n) is 5.83. The predicted octanol–water partition coefficient (Wildman–Crippen LogP) is 3.71. The lowest BCUT2D eigenvalue weighted by Crippen LogP contribution is -1.87. The number of halogens is 1. The first-order valence-corrected chi connectivity index (χ1v) is 6.71. The second kappa shape index (κ2) is 4.40. The standard InChI is InChI=1S/C14H11N3S.ClH/c15-9-3-1-8(2-4-9)13-11-7-12-10(5-6-18-12)14(11)17-16-13;/h1-6H,7,15H2,(H,16,17);1H. The van der Waals surface area contributed by atoms with Gasteiger partial charge in [-0.25, -0.2) is 0 Å². The number of rotatable bonds is 1. The molecule has 0 aliphatic heterocycles. The van der Waals surface area contributed by atoms with Crippen molar-refractivity contribution in [2.75, 3.05) is 5.73 Å². The SMILES string of the molecule is Cl.Nc1ccc(-c2n[nH]c3c2Cc2sccc2-3)cc1. The number of aromatic amines is 1. The lowest BCUT2D eigenvalue weighted by atomic mass is 10.1. The van der Waals surface area contributed by atoms with Gasteiger partial charge in [-0.3, -0.25) is 5.10 Å². The van der Waals surface area contributed by atoms with Crippen molar-refractivity contribution >= 4 is 29.4 Å². The van der Waals surface area contributed by atoms with Crippen molar-refractivity contribution in [3.8, 4) is 22.5 Å². The average Bonchev–Trinajstić information content (AvgIpc) is 3.01. The van der Waals surface area contributed by atoms with Gasteiger partial charge in [-0.05, 0) is 23.6 Å².